The van der Waals surface area contributed by atoms with E-state index in [1.54, 1.807) is 17.2 Å². The summed E-state index contributed by atoms with van der Waals surface area (Å²) in [6.07, 6.45) is 1.92. The van der Waals surface area contributed by atoms with Crippen LogP contribution in [0.25, 0.3) is 0 Å². The van der Waals surface area contributed by atoms with E-state index in [1.165, 1.54) is 0 Å². The van der Waals surface area contributed by atoms with Crippen LogP contribution in [0.2, 0.25) is 0 Å². The van der Waals surface area contributed by atoms with Crippen LogP contribution in [0.15, 0.2) is 17.4 Å². The lowest BCUT2D eigenvalue weighted by Gasteiger charge is -2.24. The molecule has 1 saturated heterocycles. The molecule has 1 aromatic heterocycles. The molecule has 0 saturated carbocycles. The van der Waals surface area contributed by atoms with Gasteiger partial charge in [0.1, 0.15) is 5.60 Å². The summed E-state index contributed by atoms with van der Waals surface area (Å²) >= 11 is 0. The molecular formula is C14H21N3O3S. The third-order valence-corrected chi connectivity index (χ3v) is 4.60. The maximum Gasteiger partial charge on any atom is 0.410 e. The van der Waals surface area contributed by atoms with Gasteiger partial charge in [-0.25, -0.2) is 14.8 Å². The Morgan fingerprint density at radius 1 is 1.48 bits per heavy atom. The molecule has 1 aliphatic heterocycles. The molecule has 6 nitrogen and oxygen atoms in total. The topological polar surface area (TPSA) is 72.4 Å². The van der Waals surface area contributed by atoms with E-state index in [2.05, 4.69) is 9.97 Å². The highest BCUT2D eigenvalue weighted by molar-refractivity contribution is 7.85. The zero-order valence-corrected chi connectivity index (χ0v) is 13.6. The van der Waals surface area contributed by atoms with Crippen molar-refractivity contribution in [3.63, 3.8) is 0 Å². The van der Waals surface area contributed by atoms with E-state index in [1.807, 2.05) is 27.7 Å². The fraction of sp³-hybridized carbons (Fsp3) is 0.643. The summed E-state index contributed by atoms with van der Waals surface area (Å²) in [7, 11) is -1.30. The first-order valence-electron chi connectivity index (χ1n) is 6.94. The molecule has 1 amide bonds. The molecule has 0 aliphatic carbocycles. The van der Waals surface area contributed by atoms with Crippen molar-refractivity contribution in [3.05, 3.63) is 18.0 Å². The van der Waals surface area contributed by atoms with E-state index in [4.69, 9.17) is 4.74 Å². The standard InChI is InChI=1S/C14H21N3O3S/c1-10-5-7-15-12(16-10)21(19)11-6-8-17(9-11)13(18)20-14(2,3)4/h5,7,11H,6,8-9H2,1-4H3/t11-,21?/m1/s1. The van der Waals surface area contributed by atoms with Gasteiger partial charge in [-0.3, -0.25) is 4.21 Å². The second-order valence-electron chi connectivity index (χ2n) is 6.12. The monoisotopic (exact) mass is 311 g/mol. The molecule has 1 aromatic rings. The number of hydrogen-bond acceptors (Lipinski definition) is 5. The van der Waals surface area contributed by atoms with Crippen molar-refractivity contribution < 1.29 is 13.7 Å². The summed E-state index contributed by atoms with van der Waals surface area (Å²) in [5, 5.41) is 0.199. The molecular weight excluding hydrogens is 290 g/mol. The van der Waals surface area contributed by atoms with E-state index in [-0.39, 0.29) is 11.3 Å². The summed E-state index contributed by atoms with van der Waals surface area (Å²) < 4.78 is 17.8. The molecule has 0 aromatic carbocycles. The van der Waals surface area contributed by atoms with Gasteiger partial charge in [0.25, 0.3) is 0 Å². The number of nitrogens with zero attached hydrogens (tertiary/aromatic N) is 3. The SMILES string of the molecule is Cc1ccnc(S(=O)[C@@H]2CCN(C(=O)OC(C)(C)C)C2)n1. The molecule has 1 fully saturated rings. The van der Waals surface area contributed by atoms with Crippen LogP contribution in [0.5, 0.6) is 0 Å². The predicted octanol–water partition coefficient (Wildman–Crippen LogP) is 1.90. The third kappa shape index (κ3) is 4.23. The van der Waals surface area contributed by atoms with Gasteiger partial charge in [-0.1, -0.05) is 0 Å². The lowest BCUT2D eigenvalue weighted by Crippen LogP contribution is -2.36. The van der Waals surface area contributed by atoms with Crippen molar-refractivity contribution in [2.24, 2.45) is 0 Å². The Morgan fingerprint density at radius 3 is 2.81 bits per heavy atom. The van der Waals surface area contributed by atoms with Crippen molar-refractivity contribution in [3.8, 4) is 0 Å². The van der Waals surface area contributed by atoms with Crippen LogP contribution in [-0.2, 0) is 15.5 Å². The van der Waals surface area contributed by atoms with Crippen molar-refractivity contribution >= 4 is 16.9 Å². The Balaban J connectivity index is 1.99. The van der Waals surface area contributed by atoms with Gasteiger partial charge >= 0.3 is 6.09 Å². The zero-order valence-electron chi connectivity index (χ0n) is 12.8. The minimum atomic E-state index is -1.30. The quantitative estimate of drug-likeness (QED) is 0.780. The van der Waals surface area contributed by atoms with Crippen molar-refractivity contribution in [1.82, 2.24) is 14.9 Å². The Bertz CT molecular complexity index is 557. The molecule has 0 radical (unpaired) electrons. The van der Waals surface area contributed by atoms with Crippen molar-refractivity contribution in [1.29, 1.82) is 0 Å². The van der Waals surface area contributed by atoms with E-state index in [0.717, 1.165) is 5.69 Å². The van der Waals surface area contributed by atoms with Crippen LogP contribution in [0.3, 0.4) is 0 Å². The number of aryl methyl sites for hydroxylation is 1. The van der Waals surface area contributed by atoms with Crippen LogP contribution < -0.4 is 0 Å². The highest BCUT2D eigenvalue weighted by Crippen LogP contribution is 2.20. The lowest BCUT2D eigenvalue weighted by molar-refractivity contribution is 0.0295. The number of carbonyl (C=O) groups is 1. The summed E-state index contributed by atoms with van der Waals surface area (Å²) in [4.78, 5) is 21.9. The van der Waals surface area contributed by atoms with Crippen LogP contribution >= 0.6 is 0 Å². The Labute approximate surface area is 127 Å². The number of likely N-dealkylation sites (tertiary alicyclic amines) is 1. The first kappa shape index (κ1) is 15.9. The fourth-order valence-corrected chi connectivity index (χ4v) is 3.40. The van der Waals surface area contributed by atoms with E-state index >= 15 is 0 Å². The second kappa shape index (κ2) is 6.09. The third-order valence-electron chi connectivity index (χ3n) is 3.05. The molecule has 2 rings (SSSR count). The average Bonchev–Trinajstić information content (AvgIpc) is 2.85. The summed E-state index contributed by atoms with van der Waals surface area (Å²) in [6.45, 7) is 8.30. The average molecular weight is 311 g/mol. The Hall–Kier alpha value is -1.50. The molecule has 0 spiro atoms. The van der Waals surface area contributed by atoms with Gasteiger partial charge in [0.2, 0.25) is 5.16 Å². The van der Waals surface area contributed by atoms with Gasteiger partial charge < -0.3 is 9.64 Å². The molecule has 1 aliphatic rings. The van der Waals surface area contributed by atoms with Gasteiger partial charge in [-0.2, -0.15) is 0 Å². The Kier molecular flexibility index (Phi) is 4.61. The fourth-order valence-electron chi connectivity index (χ4n) is 2.07. The van der Waals surface area contributed by atoms with Crippen LogP contribution in [-0.4, -0.2) is 49.1 Å². The predicted molar refractivity (Wildman–Crippen MR) is 79.4 cm³/mol. The number of rotatable bonds is 2. The summed E-state index contributed by atoms with van der Waals surface area (Å²) in [5.74, 6) is 0. The van der Waals surface area contributed by atoms with E-state index in [0.29, 0.717) is 24.7 Å². The second-order valence-corrected chi connectivity index (χ2v) is 7.74. The molecule has 2 atom stereocenters. The minimum absolute atomic E-state index is 0.140. The molecule has 0 bridgehead atoms. The summed E-state index contributed by atoms with van der Waals surface area (Å²) in [6, 6.07) is 1.77. The van der Waals surface area contributed by atoms with Crippen LogP contribution in [0.4, 0.5) is 4.79 Å². The number of aromatic nitrogens is 2. The zero-order chi connectivity index (χ0) is 15.6. The molecule has 1 unspecified atom stereocenters. The first-order valence-corrected chi connectivity index (χ1v) is 8.16. The largest absolute Gasteiger partial charge is 0.444 e. The van der Waals surface area contributed by atoms with Crippen LogP contribution in [0.1, 0.15) is 32.9 Å². The first-order chi connectivity index (χ1) is 9.76. The smallest absolute Gasteiger partial charge is 0.410 e. The molecule has 2 heterocycles. The molecule has 21 heavy (non-hydrogen) atoms. The van der Waals surface area contributed by atoms with Gasteiger partial charge in [-0.15, -0.1) is 0 Å². The van der Waals surface area contributed by atoms with Gasteiger partial charge in [0.05, 0.1) is 16.0 Å². The highest BCUT2D eigenvalue weighted by atomic mass is 32.2. The summed E-state index contributed by atoms with van der Waals surface area (Å²) in [5.41, 5.74) is 0.267. The van der Waals surface area contributed by atoms with Gasteiger partial charge in [0, 0.05) is 25.0 Å². The molecule has 116 valence electrons. The maximum atomic E-state index is 12.5. The number of amides is 1. The maximum absolute atomic E-state index is 12.5. The van der Waals surface area contributed by atoms with Crippen molar-refractivity contribution in [2.45, 2.75) is 50.1 Å². The van der Waals surface area contributed by atoms with Gasteiger partial charge in [0.15, 0.2) is 0 Å². The molecule has 7 heteroatoms. The molecule has 0 N–H and O–H groups in total. The number of ether oxygens (including phenoxy) is 1. The van der Waals surface area contributed by atoms with E-state index in [9.17, 15) is 9.00 Å². The van der Waals surface area contributed by atoms with Crippen molar-refractivity contribution in [2.75, 3.05) is 13.1 Å². The lowest BCUT2D eigenvalue weighted by atomic mass is 10.2. The highest BCUT2D eigenvalue weighted by Gasteiger charge is 2.34. The number of carbonyl (C=O) groups excluding carboxylic acids is 1. The Morgan fingerprint density at radius 2 is 2.19 bits per heavy atom. The van der Waals surface area contributed by atoms with E-state index < -0.39 is 16.4 Å². The van der Waals surface area contributed by atoms with Gasteiger partial charge in [-0.05, 0) is 40.2 Å². The number of hydrogen-bond donors (Lipinski definition) is 0. The minimum Gasteiger partial charge on any atom is -0.444 e. The van der Waals surface area contributed by atoms with Crippen LogP contribution in [0, 0.1) is 6.92 Å². The normalized spacial score (nSPS) is 20.4.